The minimum atomic E-state index is 0.502. The van der Waals surface area contributed by atoms with Gasteiger partial charge in [-0.3, -0.25) is 0 Å². The Hall–Kier alpha value is -2.03. The van der Waals surface area contributed by atoms with Crippen molar-refractivity contribution >= 4 is 11.5 Å². The molecule has 1 aromatic heterocycles. The molecule has 0 aliphatic heterocycles. The Kier molecular flexibility index (Phi) is 2.67. The van der Waals surface area contributed by atoms with Crippen molar-refractivity contribution in [3.63, 3.8) is 0 Å². The van der Waals surface area contributed by atoms with Crippen LogP contribution in [0, 0.1) is 6.92 Å². The number of anilines is 2. The van der Waals surface area contributed by atoms with E-state index in [1.54, 1.807) is 6.20 Å². The number of benzene rings is 1. The van der Waals surface area contributed by atoms with Crippen LogP contribution >= 0.6 is 0 Å². The number of aromatic nitrogens is 1. The minimum absolute atomic E-state index is 0.502. The highest BCUT2D eigenvalue weighted by Gasteiger charge is 2.38. The molecule has 3 heteroatoms. The maximum absolute atomic E-state index is 5.70. The number of nitrogen functional groups attached to an aromatic ring is 1. The molecule has 3 N–H and O–H groups in total. The topological polar surface area (TPSA) is 50.9 Å². The van der Waals surface area contributed by atoms with Crippen molar-refractivity contribution in [1.82, 2.24) is 4.98 Å². The van der Waals surface area contributed by atoms with Crippen LogP contribution < -0.4 is 11.1 Å². The van der Waals surface area contributed by atoms with Gasteiger partial charge in [-0.2, -0.15) is 0 Å². The normalized spacial score (nSPS) is 21.6. The highest BCUT2D eigenvalue weighted by Crippen LogP contribution is 2.42. The molecule has 1 aromatic carbocycles. The Labute approximate surface area is 107 Å². The van der Waals surface area contributed by atoms with Crippen molar-refractivity contribution in [3.05, 3.63) is 53.7 Å². The summed E-state index contributed by atoms with van der Waals surface area (Å²) in [5.74, 6) is 1.57. The molecule has 2 aromatic rings. The van der Waals surface area contributed by atoms with Crippen LogP contribution in [0.4, 0.5) is 11.5 Å². The molecular formula is C15H17N3. The summed E-state index contributed by atoms with van der Waals surface area (Å²) in [5.41, 5.74) is 8.93. The smallest absolute Gasteiger partial charge is 0.129 e. The molecule has 2 unspecified atom stereocenters. The number of aryl methyl sites for hydroxylation is 1. The van der Waals surface area contributed by atoms with Gasteiger partial charge < -0.3 is 11.1 Å². The second-order valence-corrected chi connectivity index (χ2v) is 4.94. The lowest BCUT2D eigenvalue weighted by atomic mass is 10.1. The van der Waals surface area contributed by atoms with Gasteiger partial charge in [-0.05, 0) is 30.5 Å². The number of rotatable bonds is 3. The molecule has 2 atom stereocenters. The van der Waals surface area contributed by atoms with Gasteiger partial charge >= 0.3 is 0 Å². The quantitative estimate of drug-likeness (QED) is 0.865. The predicted molar refractivity (Wildman–Crippen MR) is 74.6 cm³/mol. The molecule has 1 aliphatic carbocycles. The van der Waals surface area contributed by atoms with Gasteiger partial charge in [0.2, 0.25) is 0 Å². The molecule has 0 bridgehead atoms. The van der Waals surface area contributed by atoms with Gasteiger partial charge in [0.15, 0.2) is 0 Å². The zero-order chi connectivity index (χ0) is 12.5. The summed E-state index contributed by atoms with van der Waals surface area (Å²) in [6, 6.07) is 13.1. The SMILES string of the molecule is Cc1cc(N)cnc1NC1CC1c1ccccc1. The number of hydrogen-bond donors (Lipinski definition) is 2. The lowest BCUT2D eigenvalue weighted by molar-refractivity contribution is 1.02. The fourth-order valence-electron chi connectivity index (χ4n) is 2.35. The Morgan fingerprint density at radius 1 is 1.28 bits per heavy atom. The van der Waals surface area contributed by atoms with E-state index >= 15 is 0 Å². The van der Waals surface area contributed by atoms with E-state index in [1.807, 2.05) is 13.0 Å². The number of nitrogens with zero attached hydrogens (tertiary/aromatic N) is 1. The lowest BCUT2D eigenvalue weighted by Gasteiger charge is -2.08. The first-order chi connectivity index (χ1) is 8.74. The van der Waals surface area contributed by atoms with E-state index in [2.05, 4.69) is 40.6 Å². The van der Waals surface area contributed by atoms with Crippen molar-refractivity contribution in [1.29, 1.82) is 0 Å². The Morgan fingerprint density at radius 3 is 2.78 bits per heavy atom. The molecule has 0 saturated heterocycles. The van der Waals surface area contributed by atoms with E-state index in [4.69, 9.17) is 5.73 Å². The largest absolute Gasteiger partial charge is 0.397 e. The fourth-order valence-corrected chi connectivity index (χ4v) is 2.35. The van der Waals surface area contributed by atoms with E-state index in [0.29, 0.717) is 17.6 Å². The molecule has 1 fully saturated rings. The van der Waals surface area contributed by atoms with E-state index in [9.17, 15) is 0 Å². The number of nitrogens with two attached hydrogens (primary N) is 1. The fraction of sp³-hybridized carbons (Fsp3) is 0.267. The van der Waals surface area contributed by atoms with Crippen LogP contribution in [-0.2, 0) is 0 Å². The van der Waals surface area contributed by atoms with Gasteiger partial charge in [0.05, 0.1) is 11.9 Å². The highest BCUT2D eigenvalue weighted by molar-refractivity contribution is 5.52. The molecule has 0 spiro atoms. The molecule has 92 valence electrons. The van der Waals surface area contributed by atoms with Crippen LogP contribution in [0.1, 0.15) is 23.5 Å². The van der Waals surface area contributed by atoms with Gasteiger partial charge in [0.1, 0.15) is 5.82 Å². The zero-order valence-corrected chi connectivity index (χ0v) is 10.4. The van der Waals surface area contributed by atoms with Crippen molar-refractivity contribution in [3.8, 4) is 0 Å². The lowest BCUT2D eigenvalue weighted by Crippen LogP contribution is -2.07. The predicted octanol–water partition coefficient (Wildman–Crippen LogP) is 2.94. The average molecular weight is 239 g/mol. The van der Waals surface area contributed by atoms with Gasteiger partial charge in [-0.15, -0.1) is 0 Å². The Morgan fingerprint density at radius 2 is 2.06 bits per heavy atom. The van der Waals surface area contributed by atoms with Crippen LogP contribution in [0.15, 0.2) is 42.6 Å². The van der Waals surface area contributed by atoms with E-state index in [1.165, 1.54) is 12.0 Å². The van der Waals surface area contributed by atoms with Crippen LogP contribution in [0.3, 0.4) is 0 Å². The third-order valence-electron chi connectivity index (χ3n) is 3.44. The van der Waals surface area contributed by atoms with Crippen LogP contribution in [0.5, 0.6) is 0 Å². The number of pyridine rings is 1. The highest BCUT2D eigenvalue weighted by atomic mass is 15.1. The summed E-state index contributed by atoms with van der Waals surface area (Å²) < 4.78 is 0. The van der Waals surface area contributed by atoms with Crippen molar-refractivity contribution < 1.29 is 0 Å². The average Bonchev–Trinajstić information content (AvgIpc) is 3.13. The van der Waals surface area contributed by atoms with Crippen LogP contribution in [0.25, 0.3) is 0 Å². The molecule has 3 nitrogen and oxygen atoms in total. The first-order valence-corrected chi connectivity index (χ1v) is 6.27. The Bertz CT molecular complexity index is 551. The summed E-state index contributed by atoms with van der Waals surface area (Å²) in [5, 5.41) is 3.49. The summed E-state index contributed by atoms with van der Waals surface area (Å²) >= 11 is 0. The minimum Gasteiger partial charge on any atom is -0.397 e. The molecule has 1 aliphatic rings. The first kappa shape index (κ1) is 11.1. The third kappa shape index (κ3) is 2.16. The van der Waals surface area contributed by atoms with Crippen LogP contribution in [0.2, 0.25) is 0 Å². The molecule has 0 amide bonds. The summed E-state index contributed by atoms with van der Waals surface area (Å²) in [4.78, 5) is 4.35. The van der Waals surface area contributed by atoms with Gasteiger partial charge in [0, 0.05) is 12.0 Å². The Balaban J connectivity index is 1.69. The number of hydrogen-bond acceptors (Lipinski definition) is 3. The maximum Gasteiger partial charge on any atom is 0.129 e. The van der Waals surface area contributed by atoms with Gasteiger partial charge in [-0.1, -0.05) is 30.3 Å². The van der Waals surface area contributed by atoms with Crippen molar-refractivity contribution in [2.45, 2.75) is 25.3 Å². The van der Waals surface area contributed by atoms with Gasteiger partial charge in [-0.25, -0.2) is 4.98 Å². The van der Waals surface area contributed by atoms with Crippen molar-refractivity contribution in [2.75, 3.05) is 11.1 Å². The monoisotopic (exact) mass is 239 g/mol. The number of nitrogens with one attached hydrogen (secondary N) is 1. The third-order valence-corrected chi connectivity index (χ3v) is 3.44. The first-order valence-electron chi connectivity index (χ1n) is 6.27. The van der Waals surface area contributed by atoms with Crippen molar-refractivity contribution in [2.24, 2.45) is 0 Å². The molecule has 1 saturated carbocycles. The van der Waals surface area contributed by atoms with Gasteiger partial charge in [0.25, 0.3) is 0 Å². The van der Waals surface area contributed by atoms with E-state index < -0.39 is 0 Å². The molecule has 18 heavy (non-hydrogen) atoms. The summed E-state index contributed by atoms with van der Waals surface area (Å²) in [6.07, 6.45) is 2.88. The maximum atomic E-state index is 5.70. The standard InChI is InChI=1S/C15H17N3/c1-10-7-12(16)9-17-15(10)18-14-8-13(14)11-5-3-2-4-6-11/h2-7,9,13-14H,8,16H2,1H3,(H,17,18). The molecule has 3 rings (SSSR count). The zero-order valence-electron chi connectivity index (χ0n) is 10.4. The summed E-state index contributed by atoms with van der Waals surface area (Å²) in [6.45, 7) is 2.03. The second-order valence-electron chi connectivity index (χ2n) is 4.94. The van der Waals surface area contributed by atoms with Crippen LogP contribution in [-0.4, -0.2) is 11.0 Å². The van der Waals surface area contributed by atoms with E-state index in [0.717, 1.165) is 11.4 Å². The molecule has 1 heterocycles. The second kappa shape index (κ2) is 4.33. The molecule has 0 radical (unpaired) electrons. The summed E-state index contributed by atoms with van der Waals surface area (Å²) in [7, 11) is 0. The van der Waals surface area contributed by atoms with E-state index in [-0.39, 0.29) is 0 Å². The molecular weight excluding hydrogens is 222 g/mol.